The molecule has 0 amide bonds. The van der Waals surface area contributed by atoms with E-state index < -0.39 is 0 Å². The third kappa shape index (κ3) is 1.41. The van der Waals surface area contributed by atoms with Gasteiger partial charge >= 0.3 is 0 Å². The standard InChI is InChI=1S/C16H28/c1-14(2)10-13-12(14)6-9-15(3)7-5-8-16(13,4)11-15/h12-13H,5-11H2,1-4H3. The van der Waals surface area contributed by atoms with Crippen molar-refractivity contribution in [1.82, 2.24) is 0 Å². The summed E-state index contributed by atoms with van der Waals surface area (Å²) in [5.74, 6) is 2.10. The molecule has 0 spiro atoms. The van der Waals surface area contributed by atoms with Gasteiger partial charge in [0, 0.05) is 0 Å². The van der Waals surface area contributed by atoms with Crippen molar-refractivity contribution in [2.24, 2.45) is 28.1 Å². The summed E-state index contributed by atoms with van der Waals surface area (Å²) in [6.07, 6.45) is 10.6. The Morgan fingerprint density at radius 2 is 1.62 bits per heavy atom. The van der Waals surface area contributed by atoms with Crippen molar-refractivity contribution in [1.29, 1.82) is 0 Å². The molecule has 92 valence electrons. The van der Waals surface area contributed by atoms with Gasteiger partial charge in [0.15, 0.2) is 0 Å². The fourth-order valence-electron chi connectivity index (χ4n) is 5.67. The van der Waals surface area contributed by atoms with Crippen molar-refractivity contribution >= 4 is 0 Å². The van der Waals surface area contributed by atoms with Gasteiger partial charge < -0.3 is 0 Å². The van der Waals surface area contributed by atoms with E-state index in [1.165, 1.54) is 44.9 Å². The Hall–Kier alpha value is 0. The maximum absolute atomic E-state index is 2.61. The highest BCUT2D eigenvalue weighted by atomic mass is 14.6. The van der Waals surface area contributed by atoms with Crippen molar-refractivity contribution in [3.05, 3.63) is 0 Å². The van der Waals surface area contributed by atoms with Crippen LogP contribution in [0.5, 0.6) is 0 Å². The summed E-state index contributed by atoms with van der Waals surface area (Å²) in [6.45, 7) is 10.2. The highest BCUT2D eigenvalue weighted by molar-refractivity contribution is 5.08. The molecule has 0 aromatic heterocycles. The normalized spacial score (nSPS) is 54.8. The van der Waals surface area contributed by atoms with E-state index in [0.29, 0.717) is 16.2 Å². The molecule has 0 saturated heterocycles. The first kappa shape index (κ1) is 11.1. The van der Waals surface area contributed by atoms with Gasteiger partial charge in [0.2, 0.25) is 0 Å². The Labute approximate surface area is 101 Å². The monoisotopic (exact) mass is 220 g/mol. The highest BCUT2D eigenvalue weighted by Crippen LogP contribution is 2.67. The molecule has 3 rings (SSSR count). The lowest BCUT2D eigenvalue weighted by atomic mass is 9.46. The molecular weight excluding hydrogens is 192 g/mol. The molecule has 16 heavy (non-hydrogen) atoms. The van der Waals surface area contributed by atoms with E-state index in [4.69, 9.17) is 0 Å². The molecule has 4 atom stereocenters. The highest BCUT2D eigenvalue weighted by Gasteiger charge is 2.58. The Morgan fingerprint density at radius 1 is 0.875 bits per heavy atom. The summed E-state index contributed by atoms with van der Waals surface area (Å²) < 4.78 is 0. The first-order valence-electron chi connectivity index (χ1n) is 7.35. The van der Waals surface area contributed by atoms with E-state index in [1.807, 2.05) is 0 Å². The summed E-state index contributed by atoms with van der Waals surface area (Å²) in [6, 6.07) is 0. The average molecular weight is 220 g/mol. The van der Waals surface area contributed by atoms with E-state index in [-0.39, 0.29) is 0 Å². The molecule has 0 heteroatoms. The number of rotatable bonds is 0. The van der Waals surface area contributed by atoms with Gasteiger partial charge in [0.05, 0.1) is 0 Å². The van der Waals surface area contributed by atoms with Crippen LogP contribution in [-0.2, 0) is 0 Å². The minimum atomic E-state index is 0.654. The van der Waals surface area contributed by atoms with Gasteiger partial charge in [-0.3, -0.25) is 0 Å². The maximum atomic E-state index is 2.61. The molecule has 0 nitrogen and oxygen atoms in total. The predicted molar refractivity (Wildman–Crippen MR) is 69.3 cm³/mol. The van der Waals surface area contributed by atoms with Gasteiger partial charge in [-0.1, -0.05) is 34.1 Å². The van der Waals surface area contributed by atoms with E-state index in [1.54, 1.807) is 0 Å². The summed E-state index contributed by atoms with van der Waals surface area (Å²) in [5.41, 5.74) is 2.05. The molecule has 3 aliphatic rings. The minimum Gasteiger partial charge on any atom is -0.0596 e. The smallest absolute Gasteiger partial charge is 0.0289 e. The fourth-order valence-corrected chi connectivity index (χ4v) is 5.67. The van der Waals surface area contributed by atoms with E-state index in [0.717, 1.165) is 11.8 Å². The third-order valence-corrected chi connectivity index (χ3v) is 6.55. The zero-order valence-electron chi connectivity index (χ0n) is 11.6. The third-order valence-electron chi connectivity index (χ3n) is 6.55. The second-order valence-electron chi connectivity index (χ2n) is 8.44. The van der Waals surface area contributed by atoms with Gasteiger partial charge in [0.25, 0.3) is 0 Å². The first-order valence-corrected chi connectivity index (χ1v) is 7.35. The molecule has 2 bridgehead atoms. The molecule has 0 heterocycles. The lowest BCUT2D eigenvalue weighted by molar-refractivity contribution is -0.0961. The first-order chi connectivity index (χ1) is 7.35. The fraction of sp³-hybridized carbons (Fsp3) is 1.00. The Bertz CT molecular complexity index is 303. The molecule has 0 N–H and O–H groups in total. The van der Waals surface area contributed by atoms with Crippen molar-refractivity contribution < 1.29 is 0 Å². The van der Waals surface area contributed by atoms with E-state index in [9.17, 15) is 0 Å². The number of hydrogen-bond donors (Lipinski definition) is 0. The van der Waals surface area contributed by atoms with Crippen LogP contribution < -0.4 is 0 Å². The van der Waals surface area contributed by atoms with Crippen LogP contribution in [0.3, 0.4) is 0 Å². The largest absolute Gasteiger partial charge is 0.0596 e. The van der Waals surface area contributed by atoms with Crippen molar-refractivity contribution in [3.63, 3.8) is 0 Å². The Kier molecular flexibility index (Phi) is 2.12. The van der Waals surface area contributed by atoms with Crippen LogP contribution in [0, 0.1) is 28.1 Å². The quantitative estimate of drug-likeness (QED) is 0.537. The summed E-state index contributed by atoms with van der Waals surface area (Å²) >= 11 is 0. The minimum absolute atomic E-state index is 0.654. The van der Waals surface area contributed by atoms with Gasteiger partial charge in [-0.25, -0.2) is 0 Å². The lowest BCUT2D eigenvalue weighted by Gasteiger charge is -2.59. The number of fused-ring (bicyclic) bond motifs is 4. The van der Waals surface area contributed by atoms with Crippen LogP contribution >= 0.6 is 0 Å². The van der Waals surface area contributed by atoms with Gasteiger partial charge in [0.1, 0.15) is 0 Å². The molecule has 0 aliphatic heterocycles. The average Bonchev–Trinajstić information content (AvgIpc) is 2.19. The van der Waals surface area contributed by atoms with Crippen LogP contribution in [0.15, 0.2) is 0 Å². The lowest BCUT2D eigenvalue weighted by Crippen LogP contribution is -2.51. The van der Waals surface area contributed by atoms with E-state index in [2.05, 4.69) is 27.7 Å². The van der Waals surface area contributed by atoms with Crippen molar-refractivity contribution in [3.8, 4) is 0 Å². The zero-order chi connectivity index (χ0) is 11.6. The topological polar surface area (TPSA) is 0 Å². The van der Waals surface area contributed by atoms with Gasteiger partial charge in [-0.15, -0.1) is 0 Å². The van der Waals surface area contributed by atoms with Crippen LogP contribution in [0.25, 0.3) is 0 Å². The molecule has 0 radical (unpaired) electrons. The molecule has 3 fully saturated rings. The molecular formula is C16H28. The molecule has 4 unspecified atom stereocenters. The van der Waals surface area contributed by atoms with E-state index >= 15 is 0 Å². The second-order valence-corrected chi connectivity index (χ2v) is 8.44. The summed E-state index contributed by atoms with van der Waals surface area (Å²) in [5, 5.41) is 0. The Morgan fingerprint density at radius 3 is 2.31 bits per heavy atom. The van der Waals surface area contributed by atoms with Crippen LogP contribution in [-0.4, -0.2) is 0 Å². The van der Waals surface area contributed by atoms with Crippen LogP contribution in [0.4, 0.5) is 0 Å². The molecule has 0 aromatic carbocycles. The van der Waals surface area contributed by atoms with Crippen molar-refractivity contribution in [2.45, 2.75) is 72.6 Å². The van der Waals surface area contributed by atoms with Gasteiger partial charge in [-0.2, -0.15) is 0 Å². The second kappa shape index (κ2) is 3.06. The molecule has 3 aliphatic carbocycles. The maximum Gasteiger partial charge on any atom is -0.0289 e. The zero-order valence-corrected chi connectivity index (χ0v) is 11.6. The molecule has 0 aromatic rings. The SMILES string of the molecule is CC12CCCC(C)(C1)C1CC(C)(C)C1CC2. The number of hydrogen-bond acceptors (Lipinski definition) is 0. The summed E-state index contributed by atoms with van der Waals surface area (Å²) in [7, 11) is 0. The van der Waals surface area contributed by atoms with Gasteiger partial charge in [-0.05, 0) is 66.6 Å². The Balaban J connectivity index is 1.92. The van der Waals surface area contributed by atoms with Crippen LogP contribution in [0.2, 0.25) is 0 Å². The van der Waals surface area contributed by atoms with Crippen molar-refractivity contribution in [2.75, 3.05) is 0 Å². The summed E-state index contributed by atoms with van der Waals surface area (Å²) in [4.78, 5) is 0. The molecule has 3 saturated carbocycles. The van der Waals surface area contributed by atoms with Crippen LogP contribution in [0.1, 0.15) is 72.6 Å². The predicted octanol–water partition coefficient (Wildman–Crippen LogP) is 5.03.